The van der Waals surface area contributed by atoms with Gasteiger partial charge in [-0.05, 0) is 37.1 Å². The fraction of sp³-hybridized carbons (Fsp3) is 0.571. The van der Waals surface area contributed by atoms with Gasteiger partial charge in [-0.2, -0.15) is 0 Å². The molecule has 2 aliphatic rings. The summed E-state index contributed by atoms with van der Waals surface area (Å²) in [6, 6.07) is 8.73. The van der Waals surface area contributed by atoms with Gasteiger partial charge in [0, 0.05) is 16.5 Å². The van der Waals surface area contributed by atoms with Gasteiger partial charge in [0.05, 0.1) is 11.5 Å². The van der Waals surface area contributed by atoms with Crippen molar-refractivity contribution in [3.8, 4) is 0 Å². The van der Waals surface area contributed by atoms with Crippen LogP contribution in [0.2, 0.25) is 0 Å². The smallest absolute Gasteiger partial charge is 0.152 e. The van der Waals surface area contributed by atoms with Crippen LogP contribution >= 0.6 is 11.8 Å². The van der Waals surface area contributed by atoms with Crippen LogP contribution in [0.5, 0.6) is 0 Å². The molecule has 5 heteroatoms. The molecule has 0 aliphatic carbocycles. The third-order valence-electron chi connectivity index (χ3n) is 3.98. The summed E-state index contributed by atoms with van der Waals surface area (Å²) in [5, 5.41) is 3.61. The Hall–Kier alpha value is -0.520. The van der Waals surface area contributed by atoms with E-state index < -0.39 is 9.84 Å². The number of rotatable bonds is 2. The number of sulfone groups is 1. The fourth-order valence-corrected chi connectivity index (χ4v) is 6.27. The van der Waals surface area contributed by atoms with Crippen LogP contribution in [0.3, 0.4) is 0 Å². The average Bonchev–Trinajstić information content (AvgIpc) is 2.64. The van der Waals surface area contributed by atoms with Crippen molar-refractivity contribution in [3.63, 3.8) is 0 Å². The Morgan fingerprint density at radius 1 is 1.37 bits per heavy atom. The van der Waals surface area contributed by atoms with Crippen LogP contribution in [-0.4, -0.2) is 31.2 Å². The van der Waals surface area contributed by atoms with Crippen molar-refractivity contribution < 1.29 is 8.42 Å². The summed E-state index contributed by atoms with van der Waals surface area (Å²) in [6.45, 7) is 2.04. The molecule has 0 bridgehead atoms. The van der Waals surface area contributed by atoms with E-state index in [1.807, 2.05) is 18.7 Å². The largest absolute Gasteiger partial charge is 0.304 e. The highest BCUT2D eigenvalue weighted by Crippen LogP contribution is 2.38. The summed E-state index contributed by atoms with van der Waals surface area (Å²) in [7, 11) is -2.85. The van der Waals surface area contributed by atoms with Gasteiger partial charge in [-0.1, -0.05) is 18.2 Å². The van der Waals surface area contributed by atoms with Crippen molar-refractivity contribution in [1.82, 2.24) is 5.32 Å². The van der Waals surface area contributed by atoms with Crippen molar-refractivity contribution in [2.45, 2.75) is 36.2 Å². The first-order valence-corrected chi connectivity index (χ1v) is 9.48. The maximum atomic E-state index is 11.7. The van der Waals surface area contributed by atoms with Gasteiger partial charge in [0.1, 0.15) is 0 Å². The lowest BCUT2D eigenvalue weighted by Crippen LogP contribution is -2.46. The molecule has 1 fully saturated rings. The van der Waals surface area contributed by atoms with E-state index in [0.717, 1.165) is 18.6 Å². The Morgan fingerprint density at radius 3 is 2.89 bits per heavy atom. The van der Waals surface area contributed by atoms with Crippen LogP contribution in [0.4, 0.5) is 0 Å². The zero-order valence-corrected chi connectivity index (χ0v) is 12.7. The number of hydrogen-bond donors (Lipinski definition) is 1. The lowest BCUT2D eigenvalue weighted by atomic mass is 9.96. The third kappa shape index (κ3) is 2.83. The van der Waals surface area contributed by atoms with Gasteiger partial charge in [-0.15, -0.1) is 11.8 Å². The number of thioether (sulfide) groups is 1. The molecule has 2 heterocycles. The van der Waals surface area contributed by atoms with Gasteiger partial charge in [0.2, 0.25) is 0 Å². The third-order valence-corrected chi connectivity index (χ3v) is 7.01. The molecule has 19 heavy (non-hydrogen) atoms. The van der Waals surface area contributed by atoms with E-state index >= 15 is 0 Å². The number of hydrogen-bond acceptors (Lipinski definition) is 4. The molecule has 0 radical (unpaired) electrons. The first-order valence-electron chi connectivity index (χ1n) is 6.67. The molecule has 1 aromatic carbocycles. The summed E-state index contributed by atoms with van der Waals surface area (Å²) in [5.41, 5.74) is 1.06. The van der Waals surface area contributed by atoms with Gasteiger partial charge < -0.3 is 5.32 Å². The summed E-state index contributed by atoms with van der Waals surface area (Å²) in [6.07, 6.45) is 1.79. The molecular formula is C14H19NO2S2. The average molecular weight is 297 g/mol. The second-order valence-electron chi connectivity index (χ2n) is 5.77. The van der Waals surface area contributed by atoms with Crippen molar-refractivity contribution in [1.29, 1.82) is 0 Å². The van der Waals surface area contributed by atoms with E-state index in [2.05, 4.69) is 29.6 Å². The molecule has 1 saturated heterocycles. The number of nitrogens with one attached hydrogen (secondary N) is 1. The van der Waals surface area contributed by atoms with Gasteiger partial charge in [0.15, 0.2) is 9.84 Å². The quantitative estimate of drug-likeness (QED) is 0.910. The molecule has 0 aromatic heterocycles. The summed E-state index contributed by atoms with van der Waals surface area (Å²) >= 11 is 1.89. The summed E-state index contributed by atoms with van der Waals surface area (Å²) in [5.74, 6) is 1.68. The van der Waals surface area contributed by atoms with Crippen molar-refractivity contribution in [2.75, 3.05) is 17.3 Å². The molecule has 1 aromatic rings. The fourth-order valence-electron chi connectivity index (χ4n) is 3.04. The molecule has 2 unspecified atom stereocenters. The lowest BCUT2D eigenvalue weighted by molar-refractivity contribution is 0.334. The van der Waals surface area contributed by atoms with E-state index in [0.29, 0.717) is 5.75 Å². The molecule has 0 spiro atoms. The molecule has 2 aliphatic heterocycles. The Balaban J connectivity index is 1.82. The van der Waals surface area contributed by atoms with E-state index in [-0.39, 0.29) is 17.3 Å². The second kappa shape index (κ2) is 4.79. The normalized spacial score (nSPS) is 33.0. The van der Waals surface area contributed by atoms with Crippen LogP contribution in [0.1, 0.15) is 31.4 Å². The predicted octanol–water partition coefficient (Wildman–Crippen LogP) is 2.39. The van der Waals surface area contributed by atoms with Gasteiger partial charge in [-0.25, -0.2) is 8.42 Å². The zero-order chi connectivity index (χ0) is 13.5. The Morgan fingerprint density at radius 2 is 2.16 bits per heavy atom. The minimum atomic E-state index is -2.85. The minimum Gasteiger partial charge on any atom is -0.304 e. The van der Waals surface area contributed by atoms with Gasteiger partial charge in [0.25, 0.3) is 0 Å². The number of benzene rings is 1. The highest BCUT2D eigenvalue weighted by atomic mass is 32.2. The van der Waals surface area contributed by atoms with E-state index in [9.17, 15) is 8.42 Å². The van der Waals surface area contributed by atoms with Crippen molar-refractivity contribution in [2.24, 2.45) is 0 Å². The first-order chi connectivity index (χ1) is 8.98. The molecule has 0 saturated carbocycles. The topological polar surface area (TPSA) is 46.2 Å². The van der Waals surface area contributed by atoms with Gasteiger partial charge in [-0.3, -0.25) is 0 Å². The standard InChI is InChI=1S/C14H19NO2S2/c1-14(7-9-19(16,17)10-14)15-12-6-8-18-13-5-3-2-4-11(12)13/h2-5,12,15H,6-10H2,1H3. The summed E-state index contributed by atoms with van der Waals surface area (Å²) in [4.78, 5) is 1.33. The minimum absolute atomic E-state index is 0.265. The molecule has 2 atom stereocenters. The van der Waals surface area contributed by atoms with Crippen molar-refractivity contribution in [3.05, 3.63) is 29.8 Å². The van der Waals surface area contributed by atoms with Crippen LogP contribution in [0.25, 0.3) is 0 Å². The van der Waals surface area contributed by atoms with E-state index in [1.54, 1.807) is 0 Å². The predicted molar refractivity (Wildman–Crippen MR) is 79.3 cm³/mol. The lowest BCUT2D eigenvalue weighted by Gasteiger charge is -2.34. The Bertz CT molecular complexity index is 585. The summed E-state index contributed by atoms with van der Waals surface area (Å²) < 4.78 is 23.4. The van der Waals surface area contributed by atoms with Crippen LogP contribution in [-0.2, 0) is 9.84 Å². The molecule has 104 valence electrons. The molecule has 3 rings (SSSR count). The molecule has 0 amide bonds. The second-order valence-corrected chi connectivity index (χ2v) is 9.10. The molecule has 1 N–H and O–H groups in total. The highest BCUT2D eigenvalue weighted by molar-refractivity contribution is 7.99. The van der Waals surface area contributed by atoms with Gasteiger partial charge >= 0.3 is 0 Å². The maximum absolute atomic E-state index is 11.7. The van der Waals surface area contributed by atoms with Crippen molar-refractivity contribution >= 4 is 21.6 Å². The zero-order valence-electron chi connectivity index (χ0n) is 11.1. The number of fused-ring (bicyclic) bond motifs is 1. The Kier molecular flexibility index (Phi) is 3.39. The maximum Gasteiger partial charge on any atom is 0.152 e. The first kappa shape index (κ1) is 13.5. The molecular weight excluding hydrogens is 278 g/mol. The molecule has 3 nitrogen and oxygen atoms in total. The van der Waals surface area contributed by atoms with Crippen LogP contribution in [0, 0.1) is 0 Å². The Labute approximate surface area is 119 Å². The van der Waals surface area contributed by atoms with Crippen LogP contribution < -0.4 is 5.32 Å². The van der Waals surface area contributed by atoms with Crippen LogP contribution in [0.15, 0.2) is 29.2 Å². The van der Waals surface area contributed by atoms with E-state index in [1.165, 1.54) is 10.5 Å². The highest BCUT2D eigenvalue weighted by Gasteiger charge is 2.40. The monoisotopic (exact) mass is 297 g/mol. The van der Waals surface area contributed by atoms with E-state index in [4.69, 9.17) is 0 Å². The SMILES string of the molecule is CC1(NC2CCSc3ccccc32)CCS(=O)(=O)C1.